The van der Waals surface area contributed by atoms with E-state index in [1.807, 2.05) is 43.3 Å². The molecule has 0 aromatic heterocycles. The smallest absolute Gasteiger partial charge is 0.217 e. The lowest BCUT2D eigenvalue weighted by atomic mass is 9.84. The van der Waals surface area contributed by atoms with E-state index in [1.54, 1.807) is 0 Å². The maximum atomic E-state index is 12.6. The monoisotopic (exact) mass is 309 g/mol. The van der Waals surface area contributed by atoms with Crippen LogP contribution in [0.1, 0.15) is 43.2 Å². The largest absolute Gasteiger partial charge is 0.370 e. The van der Waals surface area contributed by atoms with E-state index in [4.69, 9.17) is 5.73 Å². The van der Waals surface area contributed by atoms with Crippen LogP contribution in [0.5, 0.6) is 0 Å². The van der Waals surface area contributed by atoms with E-state index in [2.05, 4.69) is 24.3 Å². The van der Waals surface area contributed by atoms with Crippen molar-refractivity contribution in [3.8, 4) is 0 Å². The minimum atomic E-state index is -0.354. The molecule has 2 aromatic carbocycles. The first-order valence-corrected chi connectivity index (χ1v) is 7.99. The molecule has 0 saturated heterocycles. The van der Waals surface area contributed by atoms with Crippen LogP contribution in [0, 0.1) is 5.92 Å². The second-order valence-corrected chi connectivity index (χ2v) is 5.95. The van der Waals surface area contributed by atoms with Crippen molar-refractivity contribution in [2.75, 3.05) is 0 Å². The summed E-state index contributed by atoms with van der Waals surface area (Å²) in [5, 5.41) is 0. The maximum Gasteiger partial charge on any atom is 0.217 e. The number of benzene rings is 2. The lowest BCUT2D eigenvalue weighted by Crippen LogP contribution is -2.18. The number of rotatable bonds is 8. The van der Waals surface area contributed by atoms with E-state index < -0.39 is 0 Å². The van der Waals surface area contributed by atoms with E-state index in [9.17, 15) is 9.59 Å². The number of amides is 1. The number of carbonyl (C=O) groups is 2. The van der Waals surface area contributed by atoms with Crippen LogP contribution in [0.3, 0.4) is 0 Å². The molecule has 0 saturated carbocycles. The molecule has 0 fully saturated rings. The molecule has 2 rings (SSSR count). The zero-order valence-corrected chi connectivity index (χ0v) is 13.4. The SMILES string of the molecule is C[C@H](CCC(N)=O)C(=O)CC(c1ccccc1)c1ccccc1. The Morgan fingerprint density at radius 2 is 1.39 bits per heavy atom. The summed E-state index contributed by atoms with van der Waals surface area (Å²) in [4.78, 5) is 23.5. The number of hydrogen-bond acceptors (Lipinski definition) is 2. The molecule has 0 heterocycles. The Labute approximate surface area is 137 Å². The van der Waals surface area contributed by atoms with E-state index in [1.165, 1.54) is 0 Å². The number of nitrogens with two attached hydrogens (primary N) is 1. The maximum absolute atomic E-state index is 12.6. The van der Waals surface area contributed by atoms with Crippen molar-refractivity contribution < 1.29 is 9.59 Å². The van der Waals surface area contributed by atoms with Crippen molar-refractivity contribution in [2.45, 2.75) is 32.1 Å². The van der Waals surface area contributed by atoms with Crippen LogP contribution >= 0.6 is 0 Å². The fourth-order valence-corrected chi connectivity index (χ4v) is 2.72. The molecule has 3 nitrogen and oxygen atoms in total. The summed E-state index contributed by atoms with van der Waals surface area (Å²) in [7, 11) is 0. The molecule has 0 unspecified atom stereocenters. The molecule has 23 heavy (non-hydrogen) atoms. The molecule has 120 valence electrons. The Hall–Kier alpha value is -2.42. The van der Waals surface area contributed by atoms with Gasteiger partial charge < -0.3 is 5.73 Å². The molecule has 0 aliphatic rings. The summed E-state index contributed by atoms with van der Waals surface area (Å²) >= 11 is 0. The Bertz CT molecular complexity index is 598. The molecule has 1 atom stereocenters. The highest BCUT2D eigenvalue weighted by molar-refractivity contribution is 5.83. The highest BCUT2D eigenvalue weighted by Gasteiger charge is 2.21. The van der Waals surface area contributed by atoms with Gasteiger partial charge in [0, 0.05) is 24.7 Å². The molecule has 2 N–H and O–H groups in total. The molecular formula is C20H23NO2. The lowest BCUT2D eigenvalue weighted by Gasteiger charge is -2.19. The molecule has 3 heteroatoms. The number of Topliss-reactive ketones (excluding diaryl/α,β-unsaturated/α-hetero) is 1. The van der Waals surface area contributed by atoms with Gasteiger partial charge in [-0.1, -0.05) is 67.6 Å². The Morgan fingerprint density at radius 3 is 1.83 bits per heavy atom. The molecule has 0 aliphatic carbocycles. The molecule has 0 spiro atoms. The van der Waals surface area contributed by atoms with Crippen LogP contribution in [-0.2, 0) is 9.59 Å². The molecule has 2 aromatic rings. The van der Waals surface area contributed by atoms with Crippen LogP contribution in [0.15, 0.2) is 60.7 Å². The number of hydrogen-bond donors (Lipinski definition) is 1. The van der Waals surface area contributed by atoms with E-state index in [-0.39, 0.29) is 29.9 Å². The average molecular weight is 309 g/mol. The lowest BCUT2D eigenvalue weighted by molar-refractivity contribution is -0.123. The molecule has 0 aliphatic heterocycles. The average Bonchev–Trinajstić information content (AvgIpc) is 2.58. The van der Waals surface area contributed by atoms with E-state index in [0.29, 0.717) is 12.8 Å². The third-order valence-corrected chi connectivity index (χ3v) is 4.18. The van der Waals surface area contributed by atoms with Crippen LogP contribution in [0.4, 0.5) is 0 Å². The summed E-state index contributed by atoms with van der Waals surface area (Å²) in [5.41, 5.74) is 7.44. The third kappa shape index (κ3) is 5.06. The van der Waals surface area contributed by atoms with Crippen molar-refractivity contribution in [1.29, 1.82) is 0 Å². The van der Waals surface area contributed by atoms with Crippen molar-refractivity contribution in [1.82, 2.24) is 0 Å². The van der Waals surface area contributed by atoms with Gasteiger partial charge in [0.25, 0.3) is 0 Å². The standard InChI is InChI=1S/C20H23NO2/c1-15(12-13-20(21)23)19(22)14-18(16-8-4-2-5-9-16)17-10-6-3-7-11-17/h2-11,15,18H,12-14H2,1H3,(H2,21,23)/t15-/m1/s1. The highest BCUT2D eigenvalue weighted by Crippen LogP contribution is 2.29. The zero-order chi connectivity index (χ0) is 16.7. The van der Waals surface area contributed by atoms with Gasteiger partial charge in [0.15, 0.2) is 0 Å². The van der Waals surface area contributed by atoms with Crippen LogP contribution in [-0.4, -0.2) is 11.7 Å². The predicted octanol–water partition coefficient (Wildman–Crippen LogP) is 3.68. The van der Waals surface area contributed by atoms with Gasteiger partial charge in [-0.2, -0.15) is 0 Å². The minimum Gasteiger partial charge on any atom is -0.370 e. The number of primary amides is 1. The molecule has 0 radical (unpaired) electrons. The van der Waals surface area contributed by atoms with Gasteiger partial charge in [-0.25, -0.2) is 0 Å². The topological polar surface area (TPSA) is 60.2 Å². The van der Waals surface area contributed by atoms with Gasteiger partial charge in [-0.3, -0.25) is 9.59 Å². The normalized spacial score (nSPS) is 12.1. The van der Waals surface area contributed by atoms with Gasteiger partial charge in [-0.05, 0) is 17.5 Å². The Kier molecular flexibility index (Phi) is 6.10. The van der Waals surface area contributed by atoms with Crippen LogP contribution in [0.2, 0.25) is 0 Å². The molecule has 0 bridgehead atoms. The molecular weight excluding hydrogens is 286 g/mol. The van der Waals surface area contributed by atoms with Crippen molar-refractivity contribution in [2.24, 2.45) is 11.7 Å². The second-order valence-electron chi connectivity index (χ2n) is 5.95. The number of carbonyl (C=O) groups excluding carboxylic acids is 2. The first-order chi connectivity index (χ1) is 11.1. The fraction of sp³-hybridized carbons (Fsp3) is 0.300. The van der Waals surface area contributed by atoms with E-state index in [0.717, 1.165) is 11.1 Å². The molecule has 1 amide bonds. The van der Waals surface area contributed by atoms with Gasteiger partial charge in [-0.15, -0.1) is 0 Å². The van der Waals surface area contributed by atoms with Crippen LogP contribution in [0.25, 0.3) is 0 Å². The van der Waals surface area contributed by atoms with Crippen molar-refractivity contribution in [3.05, 3.63) is 71.8 Å². The number of ketones is 1. The summed E-state index contributed by atoms with van der Waals surface area (Å²) in [6, 6.07) is 20.1. The predicted molar refractivity (Wildman–Crippen MR) is 91.9 cm³/mol. The quantitative estimate of drug-likeness (QED) is 0.808. The third-order valence-electron chi connectivity index (χ3n) is 4.18. The minimum absolute atomic E-state index is 0.0425. The van der Waals surface area contributed by atoms with Gasteiger partial charge in [0.2, 0.25) is 5.91 Å². The van der Waals surface area contributed by atoms with Crippen molar-refractivity contribution >= 4 is 11.7 Å². The Morgan fingerprint density at radius 1 is 0.913 bits per heavy atom. The van der Waals surface area contributed by atoms with Crippen molar-refractivity contribution in [3.63, 3.8) is 0 Å². The first kappa shape index (κ1) is 16.9. The van der Waals surface area contributed by atoms with Gasteiger partial charge in [0.1, 0.15) is 5.78 Å². The Balaban J connectivity index is 2.15. The van der Waals surface area contributed by atoms with Gasteiger partial charge in [0.05, 0.1) is 0 Å². The summed E-state index contributed by atoms with van der Waals surface area (Å²) < 4.78 is 0. The zero-order valence-electron chi connectivity index (χ0n) is 13.4. The highest BCUT2D eigenvalue weighted by atomic mass is 16.1. The fourth-order valence-electron chi connectivity index (χ4n) is 2.72. The summed E-state index contributed by atoms with van der Waals surface area (Å²) in [6.07, 6.45) is 1.21. The first-order valence-electron chi connectivity index (χ1n) is 7.99. The van der Waals surface area contributed by atoms with Gasteiger partial charge >= 0.3 is 0 Å². The van der Waals surface area contributed by atoms with E-state index >= 15 is 0 Å². The van der Waals surface area contributed by atoms with Crippen LogP contribution < -0.4 is 5.73 Å². The summed E-state index contributed by atoms with van der Waals surface area (Å²) in [6.45, 7) is 1.87. The second kappa shape index (κ2) is 8.28. The summed E-state index contributed by atoms with van der Waals surface area (Å²) in [5.74, 6) is -0.297.